The minimum Gasteiger partial charge on any atom is -0.353 e. The van der Waals surface area contributed by atoms with Crippen molar-refractivity contribution >= 4 is 17.7 Å². The molecule has 0 bridgehead atoms. The second kappa shape index (κ2) is 6.17. The summed E-state index contributed by atoms with van der Waals surface area (Å²) in [6.45, 7) is 4.14. The predicted octanol–water partition coefficient (Wildman–Crippen LogP) is 1.40. The van der Waals surface area contributed by atoms with Gasteiger partial charge < -0.3 is 5.32 Å². The monoisotopic (exact) mass is 269 g/mol. The number of aromatic nitrogens is 4. The number of carbonyl (C=O) groups excluding carboxylic acids is 1. The van der Waals surface area contributed by atoms with E-state index in [1.807, 2.05) is 11.6 Å². The van der Waals surface area contributed by atoms with Crippen molar-refractivity contribution < 1.29 is 4.79 Å². The fraction of sp³-hybridized carbons (Fsp3) is 0.818. The third-order valence-electron chi connectivity index (χ3n) is 2.82. The average molecular weight is 269 g/mol. The number of thioether (sulfide) groups is 1. The maximum absolute atomic E-state index is 11.7. The molecule has 1 aromatic heterocycles. The molecule has 7 heteroatoms. The van der Waals surface area contributed by atoms with Gasteiger partial charge in [0.05, 0.1) is 11.8 Å². The Bertz CT molecular complexity index is 404. The van der Waals surface area contributed by atoms with Crippen LogP contribution in [0.25, 0.3) is 0 Å². The second-order valence-corrected chi connectivity index (χ2v) is 5.63. The lowest BCUT2D eigenvalue weighted by Crippen LogP contribution is -2.33. The van der Waals surface area contributed by atoms with Gasteiger partial charge in [0.1, 0.15) is 0 Å². The molecule has 1 N–H and O–H groups in total. The number of rotatable bonds is 7. The van der Waals surface area contributed by atoms with Gasteiger partial charge in [-0.15, -0.1) is 5.10 Å². The van der Waals surface area contributed by atoms with Crippen molar-refractivity contribution in [1.29, 1.82) is 0 Å². The summed E-state index contributed by atoms with van der Waals surface area (Å²) in [7, 11) is 0. The molecular weight excluding hydrogens is 250 g/mol. The lowest BCUT2D eigenvalue weighted by molar-refractivity contribution is -0.119. The maximum Gasteiger partial charge on any atom is 0.230 e. The Morgan fingerprint density at radius 1 is 1.61 bits per heavy atom. The molecule has 0 radical (unpaired) electrons. The fourth-order valence-electron chi connectivity index (χ4n) is 1.78. The van der Waals surface area contributed by atoms with Gasteiger partial charge in [0.2, 0.25) is 11.1 Å². The summed E-state index contributed by atoms with van der Waals surface area (Å²) in [5.41, 5.74) is 0. The standard InChI is InChI=1S/C11H19N5OS/c1-3-4-8(2)12-10(17)7-18-11-13-14-15-16(11)9-5-6-9/h8-9H,3-7H2,1-2H3,(H,12,17)/t8-/m0/s1. The van der Waals surface area contributed by atoms with Crippen LogP contribution in [0.1, 0.15) is 45.6 Å². The van der Waals surface area contributed by atoms with Gasteiger partial charge in [0.15, 0.2) is 0 Å². The Labute approximate surface area is 111 Å². The fourth-order valence-corrected chi connectivity index (χ4v) is 2.54. The third kappa shape index (κ3) is 3.69. The zero-order valence-corrected chi connectivity index (χ0v) is 11.6. The molecule has 1 amide bonds. The summed E-state index contributed by atoms with van der Waals surface area (Å²) in [6.07, 6.45) is 4.36. The Kier molecular flexibility index (Phi) is 4.57. The average Bonchev–Trinajstić information content (AvgIpc) is 3.06. The zero-order valence-electron chi connectivity index (χ0n) is 10.8. The maximum atomic E-state index is 11.7. The minimum atomic E-state index is 0.0475. The number of carbonyl (C=O) groups is 1. The summed E-state index contributed by atoms with van der Waals surface area (Å²) < 4.78 is 1.83. The lowest BCUT2D eigenvalue weighted by Gasteiger charge is -2.12. The Morgan fingerprint density at radius 2 is 2.39 bits per heavy atom. The SMILES string of the molecule is CCC[C@H](C)NC(=O)CSc1nnnn1C1CC1. The zero-order chi connectivity index (χ0) is 13.0. The van der Waals surface area contributed by atoms with E-state index in [2.05, 4.69) is 27.8 Å². The topological polar surface area (TPSA) is 72.7 Å². The number of tetrazole rings is 1. The molecule has 0 unspecified atom stereocenters. The molecule has 1 aliphatic carbocycles. The molecule has 1 atom stereocenters. The molecule has 1 aromatic rings. The third-order valence-corrected chi connectivity index (χ3v) is 3.75. The normalized spacial score (nSPS) is 16.6. The molecular formula is C11H19N5OS. The van der Waals surface area contributed by atoms with Gasteiger partial charge in [-0.05, 0) is 36.6 Å². The molecule has 1 aliphatic rings. The van der Waals surface area contributed by atoms with Gasteiger partial charge in [0.25, 0.3) is 0 Å². The van der Waals surface area contributed by atoms with E-state index in [1.165, 1.54) is 11.8 Å². The van der Waals surface area contributed by atoms with Crippen molar-refractivity contribution in [3.63, 3.8) is 0 Å². The Hall–Kier alpha value is -1.11. The van der Waals surface area contributed by atoms with Crippen LogP contribution < -0.4 is 5.32 Å². The van der Waals surface area contributed by atoms with Crippen LogP contribution in [0.2, 0.25) is 0 Å². The van der Waals surface area contributed by atoms with Gasteiger partial charge in [-0.2, -0.15) is 0 Å². The van der Waals surface area contributed by atoms with Crippen molar-refractivity contribution in [2.75, 3.05) is 5.75 Å². The molecule has 0 spiro atoms. The van der Waals surface area contributed by atoms with Crippen LogP contribution in [-0.4, -0.2) is 37.9 Å². The smallest absolute Gasteiger partial charge is 0.230 e. The van der Waals surface area contributed by atoms with Crippen LogP contribution >= 0.6 is 11.8 Å². The lowest BCUT2D eigenvalue weighted by atomic mass is 10.2. The number of hydrogen-bond acceptors (Lipinski definition) is 5. The summed E-state index contributed by atoms with van der Waals surface area (Å²) in [5, 5.41) is 15.3. The first-order chi connectivity index (χ1) is 8.70. The van der Waals surface area contributed by atoms with E-state index < -0.39 is 0 Å². The van der Waals surface area contributed by atoms with E-state index in [0.29, 0.717) is 11.8 Å². The van der Waals surface area contributed by atoms with Gasteiger partial charge in [0, 0.05) is 6.04 Å². The summed E-state index contributed by atoms with van der Waals surface area (Å²) in [5.74, 6) is 0.424. The highest BCUT2D eigenvalue weighted by Crippen LogP contribution is 2.36. The van der Waals surface area contributed by atoms with Gasteiger partial charge in [-0.25, -0.2) is 4.68 Å². The largest absolute Gasteiger partial charge is 0.353 e. The van der Waals surface area contributed by atoms with E-state index in [4.69, 9.17) is 0 Å². The molecule has 0 aromatic carbocycles. The first-order valence-corrected chi connectivity index (χ1v) is 7.39. The van der Waals surface area contributed by atoms with Crippen molar-refractivity contribution in [3.05, 3.63) is 0 Å². The van der Waals surface area contributed by atoms with E-state index in [-0.39, 0.29) is 11.9 Å². The van der Waals surface area contributed by atoms with E-state index in [1.54, 1.807) is 0 Å². The quantitative estimate of drug-likeness (QED) is 0.758. The van der Waals surface area contributed by atoms with Gasteiger partial charge in [-0.3, -0.25) is 4.79 Å². The van der Waals surface area contributed by atoms with Crippen LogP contribution in [0.15, 0.2) is 5.16 Å². The minimum absolute atomic E-state index is 0.0475. The number of nitrogens with zero attached hydrogens (tertiary/aromatic N) is 4. The Morgan fingerprint density at radius 3 is 3.06 bits per heavy atom. The highest BCUT2D eigenvalue weighted by molar-refractivity contribution is 7.99. The predicted molar refractivity (Wildman–Crippen MR) is 69.3 cm³/mol. The van der Waals surface area contributed by atoms with E-state index in [9.17, 15) is 4.79 Å². The van der Waals surface area contributed by atoms with Crippen LogP contribution in [0.3, 0.4) is 0 Å². The highest BCUT2D eigenvalue weighted by atomic mass is 32.2. The van der Waals surface area contributed by atoms with Crippen molar-refractivity contribution in [1.82, 2.24) is 25.5 Å². The van der Waals surface area contributed by atoms with E-state index >= 15 is 0 Å². The summed E-state index contributed by atoms with van der Waals surface area (Å²) in [4.78, 5) is 11.7. The first kappa shape index (κ1) is 13.3. The number of amides is 1. The van der Waals surface area contributed by atoms with Crippen LogP contribution in [0, 0.1) is 0 Å². The van der Waals surface area contributed by atoms with Crippen molar-refractivity contribution in [2.45, 2.75) is 56.8 Å². The first-order valence-electron chi connectivity index (χ1n) is 6.40. The van der Waals surface area contributed by atoms with Gasteiger partial charge in [-0.1, -0.05) is 25.1 Å². The molecule has 2 rings (SSSR count). The number of hydrogen-bond donors (Lipinski definition) is 1. The number of nitrogens with one attached hydrogen (secondary N) is 1. The summed E-state index contributed by atoms with van der Waals surface area (Å²) in [6, 6.07) is 0.687. The molecule has 6 nitrogen and oxygen atoms in total. The molecule has 1 fully saturated rings. The van der Waals surface area contributed by atoms with E-state index in [0.717, 1.165) is 30.8 Å². The van der Waals surface area contributed by atoms with Gasteiger partial charge >= 0.3 is 0 Å². The van der Waals surface area contributed by atoms with Crippen LogP contribution in [0.5, 0.6) is 0 Å². The highest BCUT2D eigenvalue weighted by Gasteiger charge is 2.28. The molecule has 18 heavy (non-hydrogen) atoms. The molecule has 1 heterocycles. The Balaban J connectivity index is 1.76. The molecule has 0 saturated heterocycles. The summed E-state index contributed by atoms with van der Waals surface area (Å²) >= 11 is 1.41. The van der Waals surface area contributed by atoms with Crippen LogP contribution in [-0.2, 0) is 4.79 Å². The van der Waals surface area contributed by atoms with Crippen molar-refractivity contribution in [3.8, 4) is 0 Å². The molecule has 100 valence electrons. The molecule has 0 aliphatic heterocycles. The van der Waals surface area contributed by atoms with Crippen molar-refractivity contribution in [2.24, 2.45) is 0 Å². The van der Waals surface area contributed by atoms with Crippen LogP contribution in [0.4, 0.5) is 0 Å². The molecule has 1 saturated carbocycles. The second-order valence-electron chi connectivity index (χ2n) is 4.68.